The van der Waals surface area contributed by atoms with E-state index in [1.54, 1.807) is 6.07 Å². The molecule has 6 heteroatoms. The van der Waals surface area contributed by atoms with Gasteiger partial charge >= 0.3 is 0 Å². The second kappa shape index (κ2) is 3.41. The molecule has 1 aromatic heterocycles. The Labute approximate surface area is 76.4 Å². The lowest BCUT2D eigenvalue weighted by atomic mass is 10.5. The molecule has 1 unspecified atom stereocenters. The second-order valence-electron chi connectivity index (χ2n) is 2.41. The zero-order valence-corrected chi connectivity index (χ0v) is 7.78. The van der Waals surface area contributed by atoms with Crippen molar-refractivity contribution in [3.8, 4) is 6.19 Å². The number of anilines is 1. The molecule has 0 aromatic carbocycles. The van der Waals surface area contributed by atoms with Gasteiger partial charge in [-0.05, 0) is 12.1 Å². The minimum atomic E-state index is -2.63. The van der Waals surface area contributed by atoms with E-state index in [0.29, 0.717) is 10.7 Å². The molecule has 0 aliphatic rings. The minimum Gasteiger partial charge on any atom is -0.384 e. The average Bonchev–Trinajstić information content (AvgIpc) is 2.05. The number of nitriles is 1. The van der Waals surface area contributed by atoms with Crippen molar-refractivity contribution < 1.29 is 4.21 Å². The molecule has 68 valence electrons. The molecule has 0 bridgehead atoms. The molecule has 1 rings (SSSR count). The van der Waals surface area contributed by atoms with Crippen LogP contribution >= 0.6 is 0 Å². The summed E-state index contributed by atoms with van der Waals surface area (Å²) >= 11 is 0. The first-order chi connectivity index (χ1) is 6.06. The van der Waals surface area contributed by atoms with Crippen molar-refractivity contribution in [2.24, 2.45) is 4.36 Å². The van der Waals surface area contributed by atoms with E-state index in [1.807, 2.05) is 0 Å². The van der Waals surface area contributed by atoms with Crippen LogP contribution in [0.25, 0.3) is 0 Å². The van der Waals surface area contributed by atoms with Crippen LogP contribution in [0.5, 0.6) is 0 Å². The van der Waals surface area contributed by atoms with Gasteiger partial charge in [0, 0.05) is 12.5 Å². The molecule has 1 heterocycles. The molecule has 0 saturated carbocycles. The van der Waals surface area contributed by atoms with Crippen molar-refractivity contribution in [3.63, 3.8) is 0 Å². The molecule has 0 aliphatic carbocycles. The Morgan fingerprint density at radius 3 is 2.85 bits per heavy atom. The lowest BCUT2D eigenvalue weighted by Gasteiger charge is -2.00. The van der Waals surface area contributed by atoms with Crippen molar-refractivity contribution in [1.82, 2.24) is 4.98 Å². The fourth-order valence-corrected chi connectivity index (χ4v) is 1.58. The zero-order valence-electron chi connectivity index (χ0n) is 6.97. The van der Waals surface area contributed by atoms with Gasteiger partial charge in [0.1, 0.15) is 5.82 Å². The van der Waals surface area contributed by atoms with Gasteiger partial charge in [-0.1, -0.05) is 0 Å². The number of rotatable bonds is 1. The molecule has 0 saturated heterocycles. The van der Waals surface area contributed by atoms with Gasteiger partial charge < -0.3 is 5.73 Å². The van der Waals surface area contributed by atoms with Crippen molar-refractivity contribution in [3.05, 3.63) is 18.3 Å². The third-order valence-electron chi connectivity index (χ3n) is 1.41. The highest BCUT2D eigenvalue weighted by Gasteiger charge is 2.05. The zero-order chi connectivity index (χ0) is 9.90. The van der Waals surface area contributed by atoms with Crippen LogP contribution in [0.1, 0.15) is 0 Å². The van der Waals surface area contributed by atoms with Gasteiger partial charge in [-0.3, -0.25) is 0 Å². The highest BCUT2D eigenvalue weighted by Crippen LogP contribution is 2.10. The van der Waals surface area contributed by atoms with E-state index >= 15 is 0 Å². The Kier molecular flexibility index (Phi) is 2.49. The van der Waals surface area contributed by atoms with Gasteiger partial charge in [-0.15, -0.1) is 4.36 Å². The molecule has 0 fully saturated rings. The smallest absolute Gasteiger partial charge is 0.214 e. The molecule has 0 amide bonds. The summed E-state index contributed by atoms with van der Waals surface area (Å²) in [5.41, 5.74) is 5.34. The van der Waals surface area contributed by atoms with Crippen LogP contribution in [-0.2, 0) is 9.73 Å². The summed E-state index contributed by atoms with van der Waals surface area (Å²) in [6.45, 7) is 0. The maximum Gasteiger partial charge on any atom is 0.214 e. The van der Waals surface area contributed by atoms with E-state index in [-0.39, 0.29) is 0 Å². The molecule has 0 radical (unpaired) electrons. The van der Waals surface area contributed by atoms with E-state index < -0.39 is 9.73 Å². The Hall–Kier alpha value is -1.61. The standard InChI is InChI=1S/C7H8N4OS/c1-13(12,11-5-8)6-2-3-7(9)10-4-6/h2-4H,1H3,(H2,9,10). The number of nitrogens with zero attached hydrogens (tertiary/aromatic N) is 3. The molecular weight excluding hydrogens is 188 g/mol. The molecule has 0 aliphatic heterocycles. The number of pyridine rings is 1. The molecule has 5 nitrogen and oxygen atoms in total. The molecule has 1 aromatic rings. The van der Waals surface area contributed by atoms with Crippen molar-refractivity contribution in [1.29, 1.82) is 5.26 Å². The number of nitrogens with two attached hydrogens (primary N) is 1. The maximum absolute atomic E-state index is 11.6. The Morgan fingerprint density at radius 1 is 1.69 bits per heavy atom. The second-order valence-corrected chi connectivity index (χ2v) is 4.67. The lowest BCUT2D eigenvalue weighted by Crippen LogP contribution is -1.98. The first-order valence-corrected chi connectivity index (χ1v) is 5.30. The number of hydrogen-bond donors (Lipinski definition) is 1. The Morgan fingerprint density at radius 2 is 2.38 bits per heavy atom. The summed E-state index contributed by atoms with van der Waals surface area (Å²) in [6, 6.07) is 3.07. The molecule has 1 atom stereocenters. The van der Waals surface area contributed by atoms with Crippen molar-refractivity contribution in [2.45, 2.75) is 4.90 Å². The fraction of sp³-hybridized carbons (Fsp3) is 0.143. The fourth-order valence-electron chi connectivity index (χ4n) is 0.746. The first-order valence-electron chi connectivity index (χ1n) is 3.38. The van der Waals surface area contributed by atoms with E-state index in [1.165, 1.54) is 24.7 Å². The van der Waals surface area contributed by atoms with Gasteiger partial charge in [-0.2, -0.15) is 5.26 Å². The Balaban J connectivity index is 3.27. The third kappa shape index (κ3) is 2.16. The Bertz CT molecular complexity index is 450. The van der Waals surface area contributed by atoms with Crippen LogP contribution in [-0.4, -0.2) is 15.4 Å². The lowest BCUT2D eigenvalue weighted by molar-refractivity contribution is 0.680. The highest BCUT2D eigenvalue weighted by molar-refractivity contribution is 7.93. The summed E-state index contributed by atoms with van der Waals surface area (Å²) in [5, 5.41) is 8.28. The third-order valence-corrected chi connectivity index (χ3v) is 2.96. The number of hydrogen-bond acceptors (Lipinski definition) is 5. The summed E-state index contributed by atoms with van der Waals surface area (Å²) in [7, 11) is -2.63. The average molecular weight is 196 g/mol. The van der Waals surface area contributed by atoms with Crippen LogP contribution in [0, 0.1) is 11.5 Å². The number of aromatic nitrogens is 1. The predicted molar refractivity (Wildman–Crippen MR) is 49.0 cm³/mol. The topological polar surface area (TPSA) is 92.1 Å². The van der Waals surface area contributed by atoms with Crippen molar-refractivity contribution >= 4 is 15.5 Å². The SMILES string of the molecule is CS(=O)(=NC#N)c1ccc(N)nc1. The number of nitrogen functional groups attached to an aromatic ring is 1. The van der Waals surface area contributed by atoms with E-state index in [9.17, 15) is 4.21 Å². The van der Waals surface area contributed by atoms with Gasteiger partial charge in [-0.25, -0.2) is 9.19 Å². The van der Waals surface area contributed by atoms with Gasteiger partial charge in [0.05, 0.1) is 14.6 Å². The van der Waals surface area contributed by atoms with Gasteiger partial charge in [0.2, 0.25) is 6.19 Å². The summed E-state index contributed by atoms with van der Waals surface area (Å²) < 4.78 is 14.9. The van der Waals surface area contributed by atoms with E-state index in [2.05, 4.69) is 9.35 Å². The summed E-state index contributed by atoms with van der Waals surface area (Å²) in [5.74, 6) is 0.343. The molecule has 0 spiro atoms. The monoisotopic (exact) mass is 196 g/mol. The molecular formula is C7H8N4OS. The van der Waals surface area contributed by atoms with Crippen LogP contribution < -0.4 is 5.73 Å². The quantitative estimate of drug-likeness (QED) is 0.666. The van der Waals surface area contributed by atoms with Gasteiger partial charge in [0.25, 0.3) is 0 Å². The largest absolute Gasteiger partial charge is 0.384 e. The first kappa shape index (κ1) is 9.48. The molecule has 2 N–H and O–H groups in total. The molecule has 13 heavy (non-hydrogen) atoms. The van der Waals surface area contributed by atoms with Crippen LogP contribution in [0.15, 0.2) is 27.6 Å². The van der Waals surface area contributed by atoms with E-state index in [4.69, 9.17) is 11.0 Å². The minimum absolute atomic E-state index is 0.343. The van der Waals surface area contributed by atoms with Crippen LogP contribution in [0.2, 0.25) is 0 Å². The van der Waals surface area contributed by atoms with Crippen LogP contribution in [0.3, 0.4) is 0 Å². The normalized spacial score (nSPS) is 14.2. The summed E-state index contributed by atoms with van der Waals surface area (Å²) in [6.07, 6.45) is 4.25. The van der Waals surface area contributed by atoms with Crippen LogP contribution in [0.4, 0.5) is 5.82 Å². The highest BCUT2D eigenvalue weighted by atomic mass is 32.2. The predicted octanol–water partition coefficient (Wildman–Crippen LogP) is 0.602. The van der Waals surface area contributed by atoms with Crippen molar-refractivity contribution in [2.75, 3.05) is 12.0 Å². The maximum atomic E-state index is 11.6. The van der Waals surface area contributed by atoms with E-state index in [0.717, 1.165) is 0 Å². The van der Waals surface area contributed by atoms with Gasteiger partial charge in [0.15, 0.2) is 0 Å². The summed E-state index contributed by atoms with van der Waals surface area (Å²) in [4.78, 5) is 4.16.